The molecular weight excluding hydrogens is 184 g/mol. The van der Waals surface area contributed by atoms with Crippen molar-refractivity contribution in [2.75, 3.05) is 11.1 Å². The highest BCUT2D eigenvalue weighted by atomic mass is 35.5. The fourth-order valence-electron chi connectivity index (χ4n) is 1.02. The quantitative estimate of drug-likeness (QED) is 0.733. The van der Waals surface area contributed by atoms with Gasteiger partial charge in [-0.1, -0.05) is 18.5 Å². The number of nitrogens with one attached hydrogen (secondary N) is 1. The smallest absolute Gasteiger partial charge is 0.0639 e. The fraction of sp³-hybridized carbons (Fsp3) is 0.400. The van der Waals surface area contributed by atoms with Gasteiger partial charge in [0.2, 0.25) is 0 Å². The molecule has 0 saturated heterocycles. The Bertz CT molecular complexity index is 286. The molecule has 0 amide bonds. The maximum Gasteiger partial charge on any atom is 0.0639 e. The molecule has 0 aliphatic rings. The standard InChI is InChI=1S/C10H15ClN2/c1-3-7(2)13-10-6-8(12)4-5-9(10)11/h4-7,13H,3,12H2,1-2H3. The summed E-state index contributed by atoms with van der Waals surface area (Å²) in [5, 5.41) is 4.01. The number of nitrogen functional groups attached to an aromatic ring is 1. The Labute approximate surface area is 84.1 Å². The molecule has 1 unspecified atom stereocenters. The molecule has 0 fully saturated rings. The van der Waals surface area contributed by atoms with Crippen molar-refractivity contribution in [1.29, 1.82) is 0 Å². The van der Waals surface area contributed by atoms with E-state index in [2.05, 4.69) is 19.2 Å². The fourth-order valence-corrected chi connectivity index (χ4v) is 1.19. The number of nitrogens with two attached hydrogens (primary N) is 1. The molecule has 3 heteroatoms. The van der Waals surface area contributed by atoms with Gasteiger partial charge in [0.15, 0.2) is 0 Å². The average Bonchev–Trinajstić information content (AvgIpc) is 2.11. The molecular formula is C10H15ClN2. The number of hydrogen-bond acceptors (Lipinski definition) is 2. The molecule has 72 valence electrons. The van der Waals surface area contributed by atoms with Crippen molar-refractivity contribution in [3.63, 3.8) is 0 Å². The van der Waals surface area contributed by atoms with E-state index in [4.69, 9.17) is 17.3 Å². The van der Waals surface area contributed by atoms with Crippen LogP contribution in [0.5, 0.6) is 0 Å². The molecule has 1 atom stereocenters. The van der Waals surface area contributed by atoms with Crippen LogP contribution in [0.1, 0.15) is 20.3 Å². The average molecular weight is 199 g/mol. The molecule has 0 saturated carbocycles. The third-order valence-corrected chi connectivity index (χ3v) is 2.33. The largest absolute Gasteiger partial charge is 0.399 e. The first-order valence-corrected chi connectivity index (χ1v) is 4.83. The maximum atomic E-state index is 5.98. The predicted molar refractivity (Wildman–Crippen MR) is 59.2 cm³/mol. The minimum atomic E-state index is 0.416. The Morgan fingerprint density at radius 3 is 2.85 bits per heavy atom. The summed E-state index contributed by atoms with van der Waals surface area (Å²) < 4.78 is 0. The van der Waals surface area contributed by atoms with E-state index in [0.29, 0.717) is 6.04 Å². The van der Waals surface area contributed by atoms with Gasteiger partial charge in [0.1, 0.15) is 0 Å². The second-order valence-electron chi connectivity index (χ2n) is 3.19. The molecule has 0 aliphatic carbocycles. The van der Waals surface area contributed by atoms with Crippen molar-refractivity contribution in [3.8, 4) is 0 Å². The Balaban J connectivity index is 2.81. The van der Waals surface area contributed by atoms with Crippen LogP contribution in [0.15, 0.2) is 18.2 Å². The minimum Gasteiger partial charge on any atom is -0.399 e. The van der Waals surface area contributed by atoms with Crippen molar-refractivity contribution in [1.82, 2.24) is 0 Å². The highest BCUT2D eigenvalue weighted by Crippen LogP contribution is 2.24. The van der Waals surface area contributed by atoms with Gasteiger partial charge in [-0.3, -0.25) is 0 Å². The van der Waals surface area contributed by atoms with Gasteiger partial charge in [-0.25, -0.2) is 0 Å². The van der Waals surface area contributed by atoms with Crippen LogP contribution in [0.4, 0.5) is 11.4 Å². The molecule has 1 aromatic rings. The summed E-state index contributed by atoms with van der Waals surface area (Å²) in [5.74, 6) is 0. The zero-order valence-electron chi connectivity index (χ0n) is 7.97. The molecule has 0 aliphatic heterocycles. The molecule has 0 radical (unpaired) electrons. The van der Waals surface area contributed by atoms with E-state index in [9.17, 15) is 0 Å². The lowest BCUT2D eigenvalue weighted by atomic mass is 10.2. The number of halogens is 1. The van der Waals surface area contributed by atoms with Crippen LogP contribution in [-0.4, -0.2) is 6.04 Å². The maximum absolute atomic E-state index is 5.98. The molecule has 0 aromatic heterocycles. The lowest BCUT2D eigenvalue weighted by molar-refractivity contribution is 0.764. The van der Waals surface area contributed by atoms with Gasteiger partial charge in [0.05, 0.1) is 10.7 Å². The summed E-state index contributed by atoms with van der Waals surface area (Å²) in [6, 6.07) is 5.87. The highest BCUT2D eigenvalue weighted by molar-refractivity contribution is 6.33. The first-order chi connectivity index (χ1) is 6.13. The number of anilines is 2. The summed E-state index contributed by atoms with van der Waals surface area (Å²) in [6.07, 6.45) is 1.06. The van der Waals surface area contributed by atoms with Crippen molar-refractivity contribution in [3.05, 3.63) is 23.2 Å². The van der Waals surface area contributed by atoms with E-state index in [-0.39, 0.29) is 0 Å². The first kappa shape index (κ1) is 10.2. The molecule has 0 bridgehead atoms. The summed E-state index contributed by atoms with van der Waals surface area (Å²) >= 11 is 5.98. The summed E-state index contributed by atoms with van der Waals surface area (Å²) in [4.78, 5) is 0. The van der Waals surface area contributed by atoms with E-state index in [0.717, 1.165) is 22.8 Å². The normalized spacial score (nSPS) is 12.5. The van der Waals surface area contributed by atoms with E-state index >= 15 is 0 Å². The van der Waals surface area contributed by atoms with Crippen molar-refractivity contribution >= 4 is 23.0 Å². The van der Waals surface area contributed by atoms with E-state index in [1.54, 1.807) is 6.07 Å². The molecule has 2 nitrogen and oxygen atoms in total. The van der Waals surface area contributed by atoms with Gasteiger partial charge >= 0.3 is 0 Å². The van der Waals surface area contributed by atoms with Gasteiger partial charge in [-0.15, -0.1) is 0 Å². The van der Waals surface area contributed by atoms with Gasteiger partial charge in [0.25, 0.3) is 0 Å². The minimum absolute atomic E-state index is 0.416. The van der Waals surface area contributed by atoms with Crippen LogP contribution < -0.4 is 11.1 Å². The molecule has 13 heavy (non-hydrogen) atoms. The van der Waals surface area contributed by atoms with Crippen LogP contribution in [0, 0.1) is 0 Å². The van der Waals surface area contributed by atoms with Crippen LogP contribution in [0.2, 0.25) is 5.02 Å². The molecule has 0 heterocycles. The first-order valence-electron chi connectivity index (χ1n) is 4.45. The van der Waals surface area contributed by atoms with Crippen LogP contribution in [0.3, 0.4) is 0 Å². The summed E-state index contributed by atoms with van der Waals surface area (Å²) in [5.41, 5.74) is 7.29. The third kappa shape index (κ3) is 2.81. The summed E-state index contributed by atoms with van der Waals surface area (Å²) in [7, 11) is 0. The van der Waals surface area contributed by atoms with Gasteiger partial charge < -0.3 is 11.1 Å². The Hall–Kier alpha value is -0.890. The second-order valence-corrected chi connectivity index (χ2v) is 3.60. The Kier molecular flexibility index (Phi) is 3.43. The molecule has 3 N–H and O–H groups in total. The number of benzene rings is 1. The Morgan fingerprint density at radius 1 is 1.54 bits per heavy atom. The Morgan fingerprint density at radius 2 is 2.23 bits per heavy atom. The number of rotatable bonds is 3. The van der Waals surface area contributed by atoms with Crippen LogP contribution >= 0.6 is 11.6 Å². The van der Waals surface area contributed by atoms with Crippen molar-refractivity contribution in [2.45, 2.75) is 26.3 Å². The predicted octanol–water partition coefficient (Wildman–Crippen LogP) is 3.13. The van der Waals surface area contributed by atoms with Crippen molar-refractivity contribution < 1.29 is 0 Å². The number of hydrogen-bond donors (Lipinski definition) is 2. The van der Waals surface area contributed by atoms with Gasteiger partial charge in [0, 0.05) is 11.7 Å². The zero-order valence-corrected chi connectivity index (χ0v) is 8.73. The summed E-state index contributed by atoms with van der Waals surface area (Å²) in [6.45, 7) is 4.23. The molecule has 0 spiro atoms. The third-order valence-electron chi connectivity index (χ3n) is 2.00. The van der Waals surface area contributed by atoms with Crippen LogP contribution in [-0.2, 0) is 0 Å². The topological polar surface area (TPSA) is 38.0 Å². The SMILES string of the molecule is CCC(C)Nc1cc(N)ccc1Cl. The van der Waals surface area contributed by atoms with Crippen molar-refractivity contribution in [2.24, 2.45) is 0 Å². The molecule has 1 rings (SSSR count). The molecule has 1 aromatic carbocycles. The zero-order chi connectivity index (χ0) is 9.84. The van der Waals surface area contributed by atoms with Crippen LogP contribution in [0.25, 0.3) is 0 Å². The lowest BCUT2D eigenvalue weighted by Crippen LogP contribution is -2.13. The van der Waals surface area contributed by atoms with E-state index in [1.165, 1.54) is 0 Å². The second kappa shape index (κ2) is 4.38. The van der Waals surface area contributed by atoms with E-state index in [1.807, 2.05) is 12.1 Å². The van der Waals surface area contributed by atoms with Gasteiger partial charge in [-0.05, 0) is 31.5 Å². The van der Waals surface area contributed by atoms with Gasteiger partial charge in [-0.2, -0.15) is 0 Å². The highest BCUT2D eigenvalue weighted by Gasteiger charge is 2.03. The monoisotopic (exact) mass is 198 g/mol. The van der Waals surface area contributed by atoms with E-state index < -0.39 is 0 Å². The lowest BCUT2D eigenvalue weighted by Gasteiger charge is -2.14.